The molecule has 2 nitrogen and oxygen atoms in total. The van der Waals surface area contributed by atoms with Gasteiger partial charge in [-0.15, -0.1) is 0 Å². The molecule has 110 valence electrons. The number of nitrogens with one attached hydrogen (secondary N) is 1. The summed E-state index contributed by atoms with van der Waals surface area (Å²) in [6, 6.07) is 15.3. The van der Waals surface area contributed by atoms with E-state index < -0.39 is 0 Å². The lowest BCUT2D eigenvalue weighted by Crippen LogP contribution is -2.34. The molecule has 2 aromatic carbocycles. The molecule has 3 rings (SSSR count). The Bertz CT molecular complexity index is 635. The molecule has 0 aliphatic heterocycles. The largest absolute Gasteiger partial charge is 0.496 e. The summed E-state index contributed by atoms with van der Waals surface area (Å²) in [5.41, 5.74) is 3.86. The number of benzene rings is 2. The van der Waals surface area contributed by atoms with Gasteiger partial charge in [0.15, 0.2) is 0 Å². The lowest BCUT2D eigenvalue weighted by molar-refractivity contribution is 0.349. The molecule has 0 bridgehead atoms. The van der Waals surface area contributed by atoms with Crippen LogP contribution in [0.4, 0.5) is 5.69 Å². The first-order valence-electron chi connectivity index (χ1n) is 7.33. The maximum absolute atomic E-state index is 5.46. The van der Waals surface area contributed by atoms with Gasteiger partial charge >= 0.3 is 0 Å². The number of hydrogen-bond donors (Lipinski definition) is 1. The zero-order chi connectivity index (χ0) is 14.8. The molecule has 21 heavy (non-hydrogen) atoms. The van der Waals surface area contributed by atoms with Crippen molar-refractivity contribution in [2.75, 3.05) is 12.4 Å². The van der Waals surface area contributed by atoms with Crippen molar-refractivity contribution >= 4 is 21.6 Å². The number of aryl methyl sites for hydroxylation is 1. The average molecular weight is 346 g/mol. The Kier molecular flexibility index (Phi) is 4.20. The van der Waals surface area contributed by atoms with Gasteiger partial charge in [0.05, 0.1) is 7.11 Å². The first kappa shape index (κ1) is 14.5. The van der Waals surface area contributed by atoms with Crippen LogP contribution in [0.1, 0.15) is 29.9 Å². The molecule has 0 saturated heterocycles. The third kappa shape index (κ3) is 3.08. The highest BCUT2D eigenvalue weighted by atomic mass is 79.9. The zero-order valence-electron chi connectivity index (χ0n) is 12.4. The average Bonchev–Trinajstić information content (AvgIpc) is 2.46. The van der Waals surface area contributed by atoms with E-state index in [2.05, 4.69) is 64.6 Å². The van der Waals surface area contributed by atoms with E-state index in [1.807, 2.05) is 6.07 Å². The molecule has 0 atom stereocenters. The number of rotatable bonds is 4. The molecule has 1 aliphatic carbocycles. The van der Waals surface area contributed by atoms with Gasteiger partial charge in [0.25, 0.3) is 0 Å². The Balaban J connectivity index is 1.65. The van der Waals surface area contributed by atoms with Crippen molar-refractivity contribution in [2.24, 2.45) is 0 Å². The van der Waals surface area contributed by atoms with Gasteiger partial charge < -0.3 is 10.1 Å². The predicted molar refractivity (Wildman–Crippen MR) is 91.3 cm³/mol. The van der Waals surface area contributed by atoms with Gasteiger partial charge in [0.2, 0.25) is 0 Å². The van der Waals surface area contributed by atoms with Crippen LogP contribution in [-0.4, -0.2) is 13.2 Å². The summed E-state index contributed by atoms with van der Waals surface area (Å²) in [5, 5.41) is 3.65. The Hall–Kier alpha value is -1.48. The number of anilines is 1. The number of ether oxygens (including phenoxy) is 1. The minimum atomic E-state index is 0.549. The first-order valence-corrected chi connectivity index (χ1v) is 8.12. The summed E-state index contributed by atoms with van der Waals surface area (Å²) in [6.07, 6.45) is 2.32. The second-order valence-electron chi connectivity index (χ2n) is 5.71. The van der Waals surface area contributed by atoms with Crippen molar-refractivity contribution < 1.29 is 4.74 Å². The minimum Gasteiger partial charge on any atom is -0.496 e. The summed E-state index contributed by atoms with van der Waals surface area (Å²) in [5.74, 6) is 1.62. The molecule has 1 saturated carbocycles. The highest BCUT2D eigenvalue weighted by Crippen LogP contribution is 2.42. The number of methoxy groups -OCH3 is 1. The fourth-order valence-electron chi connectivity index (χ4n) is 2.96. The predicted octanol–water partition coefficient (Wildman–Crippen LogP) is 5.12. The highest BCUT2D eigenvalue weighted by Gasteiger charge is 2.32. The summed E-state index contributed by atoms with van der Waals surface area (Å²) >= 11 is 3.54. The Morgan fingerprint density at radius 1 is 1.14 bits per heavy atom. The molecule has 0 spiro atoms. The molecule has 1 aliphatic rings. The molecular formula is C18H20BrNO. The van der Waals surface area contributed by atoms with Gasteiger partial charge in [-0.05, 0) is 55.0 Å². The summed E-state index contributed by atoms with van der Waals surface area (Å²) in [4.78, 5) is 0. The fourth-order valence-corrected chi connectivity index (χ4v) is 3.32. The van der Waals surface area contributed by atoms with Crippen molar-refractivity contribution in [1.29, 1.82) is 0 Å². The molecule has 0 heterocycles. The molecule has 1 fully saturated rings. The monoisotopic (exact) mass is 345 g/mol. The molecular weight excluding hydrogens is 326 g/mol. The number of hydrogen-bond acceptors (Lipinski definition) is 2. The van der Waals surface area contributed by atoms with Crippen LogP contribution in [-0.2, 0) is 0 Å². The van der Waals surface area contributed by atoms with Crippen molar-refractivity contribution in [2.45, 2.75) is 31.7 Å². The van der Waals surface area contributed by atoms with Crippen LogP contribution >= 0.6 is 15.9 Å². The molecule has 0 amide bonds. The third-order valence-corrected chi connectivity index (χ3v) is 4.77. The highest BCUT2D eigenvalue weighted by molar-refractivity contribution is 9.10. The van der Waals surface area contributed by atoms with Crippen LogP contribution in [0.15, 0.2) is 46.9 Å². The quantitative estimate of drug-likeness (QED) is 0.829. The molecule has 0 radical (unpaired) electrons. The zero-order valence-corrected chi connectivity index (χ0v) is 14.0. The standard InChI is InChI=1S/C18H20BrNO/c1-12-7-8-14(19)11-17(12)20-15-9-13(10-15)16-5-3-4-6-18(16)21-2/h3-8,11,13,15,20H,9-10H2,1-2H3. The molecule has 1 N–H and O–H groups in total. The topological polar surface area (TPSA) is 21.3 Å². The van der Waals surface area contributed by atoms with Crippen molar-refractivity contribution in [1.82, 2.24) is 0 Å². The van der Waals surface area contributed by atoms with Crippen molar-refractivity contribution in [3.05, 3.63) is 58.1 Å². The van der Waals surface area contributed by atoms with Gasteiger partial charge in [-0.1, -0.05) is 40.2 Å². The van der Waals surface area contributed by atoms with E-state index >= 15 is 0 Å². The second-order valence-corrected chi connectivity index (χ2v) is 6.63. The first-order chi connectivity index (χ1) is 10.2. The Morgan fingerprint density at radius 3 is 2.67 bits per heavy atom. The number of halogens is 1. The van der Waals surface area contributed by atoms with Crippen LogP contribution in [0.2, 0.25) is 0 Å². The van der Waals surface area contributed by atoms with E-state index in [9.17, 15) is 0 Å². The van der Waals surface area contributed by atoms with Gasteiger partial charge in [-0.3, -0.25) is 0 Å². The lowest BCUT2D eigenvalue weighted by Gasteiger charge is -2.37. The maximum Gasteiger partial charge on any atom is 0.122 e. The fraction of sp³-hybridized carbons (Fsp3) is 0.333. The maximum atomic E-state index is 5.46. The lowest BCUT2D eigenvalue weighted by atomic mass is 9.75. The van der Waals surface area contributed by atoms with E-state index in [1.165, 1.54) is 16.8 Å². The van der Waals surface area contributed by atoms with Crippen LogP contribution in [0.25, 0.3) is 0 Å². The molecule has 0 aromatic heterocycles. The second kappa shape index (κ2) is 6.10. The SMILES string of the molecule is COc1ccccc1C1CC(Nc2cc(Br)ccc2C)C1. The summed E-state index contributed by atoms with van der Waals surface area (Å²) in [7, 11) is 1.75. The Labute approximate surface area is 134 Å². The van der Waals surface area contributed by atoms with Crippen LogP contribution in [0, 0.1) is 6.92 Å². The molecule has 0 unspecified atom stereocenters. The van der Waals surface area contributed by atoms with Crippen LogP contribution < -0.4 is 10.1 Å². The van der Waals surface area contributed by atoms with E-state index in [4.69, 9.17) is 4.74 Å². The van der Waals surface area contributed by atoms with Crippen molar-refractivity contribution in [3.63, 3.8) is 0 Å². The van der Waals surface area contributed by atoms with Gasteiger partial charge in [0, 0.05) is 16.2 Å². The van der Waals surface area contributed by atoms with E-state index in [0.29, 0.717) is 12.0 Å². The van der Waals surface area contributed by atoms with E-state index in [-0.39, 0.29) is 0 Å². The third-order valence-electron chi connectivity index (χ3n) is 4.28. The van der Waals surface area contributed by atoms with Gasteiger partial charge in [0.1, 0.15) is 5.75 Å². The Morgan fingerprint density at radius 2 is 1.90 bits per heavy atom. The smallest absolute Gasteiger partial charge is 0.122 e. The molecule has 2 aromatic rings. The van der Waals surface area contributed by atoms with E-state index in [0.717, 1.165) is 23.1 Å². The number of para-hydroxylation sites is 1. The van der Waals surface area contributed by atoms with E-state index in [1.54, 1.807) is 7.11 Å². The minimum absolute atomic E-state index is 0.549. The van der Waals surface area contributed by atoms with Crippen molar-refractivity contribution in [3.8, 4) is 5.75 Å². The van der Waals surface area contributed by atoms with Gasteiger partial charge in [-0.25, -0.2) is 0 Å². The van der Waals surface area contributed by atoms with Crippen LogP contribution in [0.3, 0.4) is 0 Å². The summed E-state index contributed by atoms with van der Waals surface area (Å²) < 4.78 is 6.59. The van der Waals surface area contributed by atoms with Crippen LogP contribution in [0.5, 0.6) is 5.75 Å². The van der Waals surface area contributed by atoms with Gasteiger partial charge in [-0.2, -0.15) is 0 Å². The summed E-state index contributed by atoms with van der Waals surface area (Å²) in [6.45, 7) is 2.14. The molecule has 3 heteroatoms. The normalized spacial score (nSPS) is 20.7.